The number of aromatic nitrogens is 1. The Morgan fingerprint density at radius 3 is 3.11 bits per heavy atom. The normalized spacial score (nSPS) is 24.2. The average molecular weight is 243 g/mol. The second-order valence-corrected chi connectivity index (χ2v) is 5.35. The van der Waals surface area contributed by atoms with Gasteiger partial charge in [0.1, 0.15) is 11.8 Å². The Hall–Kier alpha value is -1.40. The van der Waals surface area contributed by atoms with E-state index in [1.807, 2.05) is 12.1 Å². The highest BCUT2D eigenvalue weighted by molar-refractivity contribution is 5.25. The Balaban J connectivity index is 1.85. The molecule has 1 saturated carbocycles. The van der Waals surface area contributed by atoms with E-state index in [0.717, 1.165) is 18.0 Å². The summed E-state index contributed by atoms with van der Waals surface area (Å²) < 4.78 is 0. The highest BCUT2D eigenvalue weighted by Crippen LogP contribution is 2.22. The average Bonchev–Trinajstić information content (AvgIpc) is 2.61. The van der Waals surface area contributed by atoms with Crippen LogP contribution in [0.15, 0.2) is 18.3 Å². The summed E-state index contributed by atoms with van der Waals surface area (Å²) in [6.07, 6.45) is 8.30. The Morgan fingerprint density at radius 1 is 1.39 bits per heavy atom. The molecule has 0 saturated heterocycles. The molecule has 1 N–H and O–H groups in total. The molecule has 1 aliphatic rings. The summed E-state index contributed by atoms with van der Waals surface area (Å²) in [6, 6.07) is 6.56. The number of hydrogen-bond acceptors (Lipinski definition) is 3. The van der Waals surface area contributed by atoms with Crippen molar-refractivity contribution in [3.8, 4) is 6.07 Å². The molecule has 1 heterocycles. The Bertz CT molecular complexity index is 422. The minimum absolute atomic E-state index is 0.504. The maximum atomic E-state index is 8.81. The van der Waals surface area contributed by atoms with Gasteiger partial charge in [-0.25, -0.2) is 4.98 Å². The minimum Gasteiger partial charge on any atom is -0.310 e. The number of hydrogen-bond donors (Lipinski definition) is 1. The van der Waals surface area contributed by atoms with E-state index >= 15 is 0 Å². The van der Waals surface area contributed by atoms with Crippen LogP contribution in [0, 0.1) is 17.2 Å². The van der Waals surface area contributed by atoms with E-state index < -0.39 is 0 Å². The lowest BCUT2D eigenvalue weighted by Crippen LogP contribution is -2.28. The third-order valence-electron chi connectivity index (χ3n) is 3.79. The van der Waals surface area contributed by atoms with E-state index in [9.17, 15) is 0 Å². The molecule has 96 valence electrons. The van der Waals surface area contributed by atoms with Crippen LogP contribution in [-0.2, 0) is 6.54 Å². The predicted octanol–water partition coefficient (Wildman–Crippen LogP) is 3.01. The zero-order valence-electron chi connectivity index (χ0n) is 11.0. The monoisotopic (exact) mass is 243 g/mol. The van der Waals surface area contributed by atoms with Crippen molar-refractivity contribution in [3.05, 3.63) is 29.6 Å². The summed E-state index contributed by atoms with van der Waals surface area (Å²) in [5, 5.41) is 12.4. The molecule has 0 amide bonds. The van der Waals surface area contributed by atoms with Crippen LogP contribution < -0.4 is 5.32 Å². The number of nitriles is 1. The first kappa shape index (κ1) is 13.0. The fourth-order valence-electron chi connectivity index (χ4n) is 2.60. The molecule has 3 heteroatoms. The van der Waals surface area contributed by atoms with Crippen LogP contribution in [0.2, 0.25) is 0 Å². The molecule has 1 aliphatic carbocycles. The first-order chi connectivity index (χ1) is 8.78. The van der Waals surface area contributed by atoms with Crippen LogP contribution >= 0.6 is 0 Å². The predicted molar refractivity (Wildman–Crippen MR) is 71.8 cm³/mol. The molecule has 0 aliphatic heterocycles. The van der Waals surface area contributed by atoms with Gasteiger partial charge in [0.05, 0.1) is 0 Å². The van der Waals surface area contributed by atoms with Gasteiger partial charge in [0.2, 0.25) is 0 Å². The molecule has 3 nitrogen and oxygen atoms in total. The zero-order chi connectivity index (χ0) is 12.8. The van der Waals surface area contributed by atoms with Crippen molar-refractivity contribution in [2.45, 2.75) is 51.6 Å². The standard InChI is InChI=1S/C15H21N3/c1-12-3-2-4-14(6-5-12)18-11-13-7-8-17-15(9-13)10-16/h7-9,12,14,18H,2-6,11H2,1H3. The Morgan fingerprint density at radius 2 is 2.28 bits per heavy atom. The van der Waals surface area contributed by atoms with Gasteiger partial charge in [-0.3, -0.25) is 0 Å². The summed E-state index contributed by atoms with van der Waals surface area (Å²) in [4.78, 5) is 3.99. The first-order valence-corrected chi connectivity index (χ1v) is 6.86. The maximum Gasteiger partial charge on any atom is 0.140 e. The van der Waals surface area contributed by atoms with E-state index in [1.54, 1.807) is 6.20 Å². The lowest BCUT2D eigenvalue weighted by atomic mass is 10.0. The lowest BCUT2D eigenvalue weighted by Gasteiger charge is -2.16. The van der Waals surface area contributed by atoms with Crippen LogP contribution in [0.5, 0.6) is 0 Å². The van der Waals surface area contributed by atoms with Gasteiger partial charge >= 0.3 is 0 Å². The fourth-order valence-corrected chi connectivity index (χ4v) is 2.60. The van der Waals surface area contributed by atoms with E-state index in [4.69, 9.17) is 5.26 Å². The van der Waals surface area contributed by atoms with Gasteiger partial charge in [-0.2, -0.15) is 5.26 Å². The van der Waals surface area contributed by atoms with E-state index in [1.165, 1.54) is 32.1 Å². The van der Waals surface area contributed by atoms with E-state index in [0.29, 0.717) is 11.7 Å². The molecule has 1 aromatic rings. The van der Waals surface area contributed by atoms with Crippen LogP contribution in [-0.4, -0.2) is 11.0 Å². The quantitative estimate of drug-likeness (QED) is 0.830. The molecule has 18 heavy (non-hydrogen) atoms. The minimum atomic E-state index is 0.504. The molecular weight excluding hydrogens is 222 g/mol. The smallest absolute Gasteiger partial charge is 0.140 e. The van der Waals surface area contributed by atoms with Crippen LogP contribution in [0.4, 0.5) is 0 Å². The highest BCUT2D eigenvalue weighted by atomic mass is 14.9. The van der Waals surface area contributed by atoms with Crippen molar-refractivity contribution in [2.24, 2.45) is 5.92 Å². The molecule has 2 rings (SSSR count). The van der Waals surface area contributed by atoms with Gasteiger partial charge in [-0.15, -0.1) is 0 Å². The highest BCUT2D eigenvalue weighted by Gasteiger charge is 2.15. The molecule has 2 atom stereocenters. The van der Waals surface area contributed by atoms with Gasteiger partial charge in [-0.05, 0) is 42.9 Å². The summed E-state index contributed by atoms with van der Waals surface area (Å²) in [5.41, 5.74) is 1.66. The van der Waals surface area contributed by atoms with Gasteiger partial charge in [0.25, 0.3) is 0 Å². The van der Waals surface area contributed by atoms with Gasteiger partial charge < -0.3 is 5.32 Å². The maximum absolute atomic E-state index is 8.81. The zero-order valence-corrected chi connectivity index (χ0v) is 11.0. The van der Waals surface area contributed by atoms with Crippen molar-refractivity contribution in [3.63, 3.8) is 0 Å². The molecule has 2 unspecified atom stereocenters. The molecule has 0 radical (unpaired) electrons. The van der Waals surface area contributed by atoms with Crippen LogP contribution in [0.3, 0.4) is 0 Å². The van der Waals surface area contributed by atoms with Crippen molar-refractivity contribution >= 4 is 0 Å². The summed E-state index contributed by atoms with van der Waals surface area (Å²) in [7, 11) is 0. The lowest BCUT2D eigenvalue weighted by molar-refractivity contribution is 0.447. The Labute approximate surface area is 109 Å². The van der Waals surface area contributed by atoms with Gasteiger partial charge in [0, 0.05) is 18.8 Å². The van der Waals surface area contributed by atoms with E-state index in [-0.39, 0.29) is 0 Å². The molecule has 1 fully saturated rings. The summed E-state index contributed by atoms with van der Waals surface area (Å²) in [6.45, 7) is 3.20. The van der Waals surface area contributed by atoms with Crippen LogP contribution in [0.25, 0.3) is 0 Å². The summed E-state index contributed by atoms with van der Waals surface area (Å²) >= 11 is 0. The second kappa shape index (κ2) is 6.51. The largest absolute Gasteiger partial charge is 0.310 e. The topological polar surface area (TPSA) is 48.7 Å². The van der Waals surface area contributed by atoms with Crippen molar-refractivity contribution in [1.82, 2.24) is 10.3 Å². The molecule has 0 spiro atoms. The Kier molecular flexibility index (Phi) is 4.72. The molecular formula is C15H21N3. The first-order valence-electron chi connectivity index (χ1n) is 6.86. The van der Waals surface area contributed by atoms with E-state index in [2.05, 4.69) is 23.3 Å². The third kappa shape index (κ3) is 3.82. The number of rotatable bonds is 3. The second-order valence-electron chi connectivity index (χ2n) is 5.35. The molecule has 0 aromatic carbocycles. The van der Waals surface area contributed by atoms with Crippen molar-refractivity contribution in [2.75, 3.05) is 0 Å². The molecule has 0 bridgehead atoms. The van der Waals surface area contributed by atoms with Crippen molar-refractivity contribution < 1.29 is 0 Å². The third-order valence-corrected chi connectivity index (χ3v) is 3.79. The van der Waals surface area contributed by atoms with Gasteiger partial charge in [0.15, 0.2) is 0 Å². The number of nitrogens with zero attached hydrogens (tertiary/aromatic N) is 2. The van der Waals surface area contributed by atoms with Crippen LogP contribution in [0.1, 0.15) is 50.3 Å². The van der Waals surface area contributed by atoms with Crippen molar-refractivity contribution in [1.29, 1.82) is 5.26 Å². The fraction of sp³-hybridized carbons (Fsp3) is 0.600. The number of nitrogens with one attached hydrogen (secondary N) is 1. The number of pyridine rings is 1. The molecule has 1 aromatic heterocycles. The van der Waals surface area contributed by atoms with Gasteiger partial charge in [-0.1, -0.05) is 19.8 Å². The summed E-state index contributed by atoms with van der Waals surface area (Å²) in [5.74, 6) is 0.878. The SMILES string of the molecule is CC1CCCC(NCc2ccnc(C#N)c2)CC1.